The lowest BCUT2D eigenvalue weighted by molar-refractivity contribution is 0.365. The van der Waals surface area contributed by atoms with Gasteiger partial charge >= 0.3 is 0 Å². The molecule has 0 unspecified atom stereocenters. The third-order valence-corrected chi connectivity index (χ3v) is 1.38. The minimum Gasteiger partial charge on any atom is -0.298 e. The zero-order valence-corrected chi connectivity index (χ0v) is 7.12. The summed E-state index contributed by atoms with van der Waals surface area (Å²) in [7, 11) is 5.63. The second kappa shape index (κ2) is 4.64. The first-order chi connectivity index (χ1) is 4.20. The maximum Gasteiger partial charge on any atom is 0.170 e. The van der Waals surface area contributed by atoms with Crippen LogP contribution in [-0.4, -0.2) is 37.6 Å². The van der Waals surface area contributed by atoms with Crippen LogP contribution in [0.5, 0.6) is 0 Å². The monoisotopic (exact) mass is 147 g/mol. The highest BCUT2D eigenvalue weighted by atomic mass is 32.2. The maximum absolute atomic E-state index is 3.97. The van der Waals surface area contributed by atoms with Crippen LogP contribution in [0.4, 0.5) is 0 Å². The van der Waals surface area contributed by atoms with Gasteiger partial charge in [0.25, 0.3) is 0 Å². The molecule has 0 spiro atoms. The molecule has 0 aromatic carbocycles. The van der Waals surface area contributed by atoms with Crippen molar-refractivity contribution in [1.82, 2.24) is 10.4 Å². The van der Waals surface area contributed by atoms with Gasteiger partial charge in [0.1, 0.15) is 0 Å². The van der Waals surface area contributed by atoms with Crippen molar-refractivity contribution in [2.24, 2.45) is 4.99 Å². The molecule has 0 fully saturated rings. The molecule has 0 aliphatic heterocycles. The van der Waals surface area contributed by atoms with Crippen LogP contribution in [0, 0.1) is 0 Å². The fraction of sp³-hybridized carbons (Fsp3) is 0.800. The van der Waals surface area contributed by atoms with E-state index in [-0.39, 0.29) is 0 Å². The summed E-state index contributed by atoms with van der Waals surface area (Å²) in [5.74, 6) is 0. The number of thioether (sulfide) groups is 1. The first-order valence-electron chi connectivity index (χ1n) is 2.65. The van der Waals surface area contributed by atoms with Gasteiger partial charge in [-0.25, -0.2) is 5.01 Å². The zero-order valence-electron chi connectivity index (χ0n) is 6.30. The van der Waals surface area contributed by atoms with Gasteiger partial charge in [-0.2, -0.15) is 0 Å². The van der Waals surface area contributed by atoms with E-state index in [4.69, 9.17) is 0 Å². The highest BCUT2D eigenvalue weighted by molar-refractivity contribution is 8.13. The lowest BCUT2D eigenvalue weighted by Gasteiger charge is -2.12. The van der Waals surface area contributed by atoms with Crippen molar-refractivity contribution in [3.8, 4) is 0 Å². The molecule has 0 radical (unpaired) electrons. The molecule has 3 nitrogen and oxygen atoms in total. The SMILES string of the molecule is CN=C(NN(C)C)SC. The summed E-state index contributed by atoms with van der Waals surface area (Å²) in [6.45, 7) is 0. The van der Waals surface area contributed by atoms with Gasteiger partial charge in [-0.05, 0) is 6.26 Å². The third kappa shape index (κ3) is 4.29. The molecule has 0 rings (SSSR count). The zero-order chi connectivity index (χ0) is 7.28. The molecule has 0 saturated carbocycles. The fourth-order valence-corrected chi connectivity index (χ4v) is 0.835. The summed E-state index contributed by atoms with van der Waals surface area (Å²) in [5, 5.41) is 2.79. The van der Waals surface area contributed by atoms with Crippen LogP contribution in [0.3, 0.4) is 0 Å². The first-order valence-corrected chi connectivity index (χ1v) is 3.88. The third-order valence-electron chi connectivity index (χ3n) is 0.716. The van der Waals surface area contributed by atoms with Gasteiger partial charge in [0, 0.05) is 21.1 Å². The molecule has 0 amide bonds. The number of rotatable bonds is 1. The van der Waals surface area contributed by atoms with Crippen molar-refractivity contribution in [3.05, 3.63) is 0 Å². The van der Waals surface area contributed by atoms with Crippen molar-refractivity contribution in [3.63, 3.8) is 0 Å². The Morgan fingerprint density at radius 1 is 1.56 bits per heavy atom. The second-order valence-corrected chi connectivity index (χ2v) is 2.53. The average Bonchev–Trinajstić information content (AvgIpc) is 1.82. The topological polar surface area (TPSA) is 27.6 Å². The molecule has 54 valence electrons. The molecular formula is C5H13N3S. The van der Waals surface area contributed by atoms with Gasteiger partial charge in [-0.15, -0.1) is 0 Å². The van der Waals surface area contributed by atoms with E-state index in [0.717, 1.165) is 5.17 Å². The largest absolute Gasteiger partial charge is 0.298 e. The van der Waals surface area contributed by atoms with Crippen LogP contribution >= 0.6 is 11.8 Å². The number of hydrogen-bond donors (Lipinski definition) is 1. The van der Waals surface area contributed by atoms with Crippen molar-refractivity contribution in [1.29, 1.82) is 0 Å². The summed E-state index contributed by atoms with van der Waals surface area (Å²) < 4.78 is 0. The molecule has 0 saturated heterocycles. The van der Waals surface area contributed by atoms with E-state index in [2.05, 4.69) is 10.4 Å². The Bertz CT molecular complexity index is 100. The van der Waals surface area contributed by atoms with Crippen molar-refractivity contribution < 1.29 is 0 Å². The number of amidine groups is 1. The number of nitrogens with zero attached hydrogens (tertiary/aromatic N) is 2. The predicted molar refractivity (Wildman–Crippen MR) is 43.7 cm³/mol. The lowest BCUT2D eigenvalue weighted by atomic mass is 11.1. The normalized spacial score (nSPS) is 12.3. The second-order valence-electron chi connectivity index (χ2n) is 1.74. The molecule has 0 bridgehead atoms. The smallest absolute Gasteiger partial charge is 0.170 e. The maximum atomic E-state index is 3.97. The number of hydrazine groups is 1. The Hall–Kier alpha value is -0.220. The fourth-order valence-electron chi connectivity index (χ4n) is 0.378. The molecule has 1 N–H and O–H groups in total. The van der Waals surface area contributed by atoms with E-state index < -0.39 is 0 Å². The van der Waals surface area contributed by atoms with Crippen LogP contribution < -0.4 is 5.43 Å². The molecule has 9 heavy (non-hydrogen) atoms. The first kappa shape index (κ1) is 8.78. The predicted octanol–water partition coefficient (Wildman–Crippen LogP) is 0.401. The van der Waals surface area contributed by atoms with E-state index in [1.54, 1.807) is 18.8 Å². The van der Waals surface area contributed by atoms with Gasteiger partial charge in [-0.1, -0.05) is 11.8 Å². The minimum atomic E-state index is 0.931. The van der Waals surface area contributed by atoms with Crippen LogP contribution in [0.15, 0.2) is 4.99 Å². The number of hydrogen-bond acceptors (Lipinski definition) is 3. The van der Waals surface area contributed by atoms with Crippen molar-refractivity contribution >= 4 is 16.9 Å². The van der Waals surface area contributed by atoms with Crippen LogP contribution in [-0.2, 0) is 0 Å². The standard InChI is InChI=1S/C5H13N3S/c1-6-5(9-4)7-8(2)3/h1-4H3,(H,6,7). The quantitative estimate of drug-likeness (QED) is 0.330. The van der Waals surface area contributed by atoms with Crippen LogP contribution in [0.2, 0.25) is 0 Å². The Morgan fingerprint density at radius 3 is 2.22 bits per heavy atom. The Labute approximate surface area is 60.5 Å². The molecule has 4 heteroatoms. The summed E-state index contributed by atoms with van der Waals surface area (Å²) in [6.07, 6.45) is 1.98. The van der Waals surface area contributed by atoms with Crippen LogP contribution in [0.1, 0.15) is 0 Å². The number of aliphatic imine (C=N–C) groups is 1. The molecule has 0 aromatic heterocycles. The van der Waals surface area contributed by atoms with E-state index >= 15 is 0 Å². The Morgan fingerprint density at radius 2 is 2.11 bits per heavy atom. The van der Waals surface area contributed by atoms with Gasteiger partial charge in [0.05, 0.1) is 0 Å². The Balaban J connectivity index is 3.58. The van der Waals surface area contributed by atoms with Crippen molar-refractivity contribution in [2.75, 3.05) is 27.4 Å². The average molecular weight is 147 g/mol. The highest BCUT2D eigenvalue weighted by Crippen LogP contribution is 1.92. The molecule has 0 aliphatic rings. The van der Waals surface area contributed by atoms with E-state index in [9.17, 15) is 0 Å². The van der Waals surface area contributed by atoms with E-state index in [0.29, 0.717) is 0 Å². The van der Waals surface area contributed by atoms with E-state index in [1.165, 1.54) is 0 Å². The summed E-state index contributed by atoms with van der Waals surface area (Å²) in [4.78, 5) is 3.97. The summed E-state index contributed by atoms with van der Waals surface area (Å²) in [5.41, 5.74) is 3.03. The molecule has 0 atom stereocenters. The van der Waals surface area contributed by atoms with E-state index in [1.807, 2.05) is 25.4 Å². The molecule has 0 aliphatic carbocycles. The lowest BCUT2D eigenvalue weighted by Crippen LogP contribution is -2.34. The molecular weight excluding hydrogens is 134 g/mol. The van der Waals surface area contributed by atoms with Gasteiger partial charge in [-0.3, -0.25) is 10.4 Å². The van der Waals surface area contributed by atoms with Gasteiger partial charge < -0.3 is 0 Å². The Kier molecular flexibility index (Phi) is 4.53. The van der Waals surface area contributed by atoms with Gasteiger partial charge in [0.15, 0.2) is 5.17 Å². The molecule has 0 aromatic rings. The summed E-state index contributed by atoms with van der Waals surface area (Å²) in [6, 6.07) is 0. The highest BCUT2D eigenvalue weighted by Gasteiger charge is 1.92. The van der Waals surface area contributed by atoms with Crippen molar-refractivity contribution in [2.45, 2.75) is 0 Å². The number of nitrogens with one attached hydrogen (secondary N) is 1. The molecule has 0 heterocycles. The van der Waals surface area contributed by atoms with Gasteiger partial charge in [0.2, 0.25) is 0 Å². The van der Waals surface area contributed by atoms with Crippen LogP contribution in [0.25, 0.3) is 0 Å². The minimum absolute atomic E-state index is 0.931. The summed E-state index contributed by atoms with van der Waals surface area (Å²) >= 11 is 1.60.